The molecule has 3 N–H and O–H groups in total. The molecule has 32 heavy (non-hydrogen) atoms. The van der Waals surface area contributed by atoms with Gasteiger partial charge in [0.1, 0.15) is 5.00 Å². The van der Waals surface area contributed by atoms with Crippen molar-refractivity contribution in [3.05, 3.63) is 45.8 Å². The van der Waals surface area contributed by atoms with Crippen molar-refractivity contribution in [3.8, 4) is 0 Å². The first kappa shape index (κ1) is 23.7. The Morgan fingerprint density at radius 1 is 1.22 bits per heavy atom. The summed E-state index contributed by atoms with van der Waals surface area (Å²) in [6.45, 7) is 5.80. The van der Waals surface area contributed by atoms with Crippen LogP contribution in [0.2, 0.25) is 0 Å². The summed E-state index contributed by atoms with van der Waals surface area (Å²) < 4.78 is 29.6. The SMILES string of the molecule is CCOC(=O)N1CCc2c(sc(NC(=O)c3ccc(S(=O)(=O)C(C)C)cc3)c2C(N)=O)C1. The zero-order valence-electron chi connectivity index (χ0n) is 18.0. The van der Waals surface area contributed by atoms with Gasteiger partial charge in [0, 0.05) is 17.0 Å². The van der Waals surface area contributed by atoms with E-state index in [1.807, 2.05) is 0 Å². The maximum Gasteiger partial charge on any atom is 0.410 e. The standard InChI is InChI=1S/C21H25N3O6S2/c1-4-30-21(27)24-10-9-15-16(11-24)31-20(17(15)18(22)25)23-19(26)13-5-7-14(8-6-13)32(28,29)12(2)3/h5-8,12H,4,9-11H2,1-3H3,(H2,22,25)(H,23,26). The molecular weight excluding hydrogens is 454 g/mol. The minimum Gasteiger partial charge on any atom is -0.450 e. The Balaban J connectivity index is 1.84. The monoisotopic (exact) mass is 479 g/mol. The second kappa shape index (κ2) is 9.29. The fourth-order valence-electron chi connectivity index (χ4n) is 3.37. The highest BCUT2D eigenvalue weighted by molar-refractivity contribution is 7.92. The molecule has 3 rings (SSSR count). The summed E-state index contributed by atoms with van der Waals surface area (Å²) in [7, 11) is -3.45. The van der Waals surface area contributed by atoms with E-state index in [0.717, 1.165) is 10.4 Å². The molecule has 2 heterocycles. The van der Waals surface area contributed by atoms with Crippen LogP contribution in [0.3, 0.4) is 0 Å². The maximum atomic E-state index is 12.8. The molecule has 0 bridgehead atoms. The third-order valence-corrected chi connectivity index (χ3v) is 8.42. The lowest BCUT2D eigenvalue weighted by Crippen LogP contribution is -2.36. The van der Waals surface area contributed by atoms with Crippen LogP contribution in [0.25, 0.3) is 0 Å². The van der Waals surface area contributed by atoms with Crippen molar-refractivity contribution >= 4 is 44.1 Å². The van der Waals surface area contributed by atoms with Crippen molar-refractivity contribution in [3.63, 3.8) is 0 Å². The Hall–Kier alpha value is -2.92. The van der Waals surface area contributed by atoms with Gasteiger partial charge < -0.3 is 20.7 Å². The molecule has 0 atom stereocenters. The topological polar surface area (TPSA) is 136 Å². The van der Waals surface area contributed by atoms with Gasteiger partial charge in [-0.1, -0.05) is 0 Å². The number of hydrogen-bond donors (Lipinski definition) is 2. The summed E-state index contributed by atoms with van der Waals surface area (Å²) >= 11 is 1.19. The molecule has 0 unspecified atom stereocenters. The predicted molar refractivity (Wildman–Crippen MR) is 121 cm³/mol. The van der Waals surface area contributed by atoms with Crippen LogP contribution in [-0.4, -0.2) is 49.6 Å². The fraction of sp³-hybridized carbons (Fsp3) is 0.381. The number of primary amides is 1. The van der Waals surface area contributed by atoms with Gasteiger partial charge in [0.15, 0.2) is 9.84 Å². The molecule has 1 aliphatic rings. The van der Waals surface area contributed by atoms with Crippen LogP contribution < -0.4 is 11.1 Å². The van der Waals surface area contributed by atoms with Crippen molar-refractivity contribution < 1.29 is 27.5 Å². The number of anilines is 1. The van der Waals surface area contributed by atoms with Gasteiger partial charge >= 0.3 is 6.09 Å². The molecule has 9 nitrogen and oxygen atoms in total. The minimum absolute atomic E-state index is 0.132. The van der Waals surface area contributed by atoms with E-state index >= 15 is 0 Å². The molecule has 0 fully saturated rings. The number of rotatable bonds is 6. The maximum absolute atomic E-state index is 12.8. The number of thiophene rings is 1. The Kier molecular flexibility index (Phi) is 6.89. The molecule has 3 amide bonds. The van der Waals surface area contributed by atoms with Gasteiger partial charge in [-0.2, -0.15) is 0 Å². The van der Waals surface area contributed by atoms with Gasteiger partial charge in [0.2, 0.25) is 0 Å². The van der Waals surface area contributed by atoms with Gasteiger partial charge in [-0.25, -0.2) is 13.2 Å². The van der Waals surface area contributed by atoms with Crippen LogP contribution in [0.15, 0.2) is 29.2 Å². The number of benzene rings is 1. The minimum atomic E-state index is -3.45. The summed E-state index contributed by atoms with van der Waals surface area (Å²) in [5, 5.41) is 2.44. The molecule has 0 aliphatic carbocycles. The number of hydrogen-bond acceptors (Lipinski definition) is 7. The summed E-state index contributed by atoms with van der Waals surface area (Å²) in [6, 6.07) is 5.61. The van der Waals surface area contributed by atoms with Crippen molar-refractivity contribution in [2.24, 2.45) is 5.73 Å². The van der Waals surface area contributed by atoms with E-state index in [1.54, 1.807) is 20.8 Å². The van der Waals surface area contributed by atoms with Crippen LogP contribution in [0, 0.1) is 0 Å². The summed E-state index contributed by atoms with van der Waals surface area (Å²) in [6.07, 6.45) is -0.0187. The quantitative estimate of drug-likeness (QED) is 0.654. The average molecular weight is 480 g/mol. The van der Waals surface area contributed by atoms with Crippen molar-refractivity contribution in [1.29, 1.82) is 0 Å². The van der Waals surface area contributed by atoms with Crippen LogP contribution in [-0.2, 0) is 27.5 Å². The Bertz CT molecular complexity index is 1150. The van der Waals surface area contributed by atoms with Crippen LogP contribution in [0.4, 0.5) is 9.80 Å². The third-order valence-electron chi connectivity index (χ3n) is 5.12. The van der Waals surface area contributed by atoms with Crippen LogP contribution >= 0.6 is 11.3 Å². The highest BCUT2D eigenvalue weighted by atomic mass is 32.2. The Morgan fingerprint density at radius 2 is 1.88 bits per heavy atom. The van der Waals surface area contributed by atoms with E-state index in [0.29, 0.717) is 18.0 Å². The van der Waals surface area contributed by atoms with Crippen molar-refractivity contribution in [2.45, 2.75) is 43.9 Å². The smallest absolute Gasteiger partial charge is 0.410 e. The summed E-state index contributed by atoms with van der Waals surface area (Å²) in [5.74, 6) is -1.16. The predicted octanol–water partition coefficient (Wildman–Crippen LogP) is 2.80. The van der Waals surface area contributed by atoms with E-state index in [1.165, 1.54) is 40.5 Å². The van der Waals surface area contributed by atoms with Crippen LogP contribution in [0.1, 0.15) is 51.9 Å². The van der Waals surface area contributed by atoms with Crippen molar-refractivity contribution in [1.82, 2.24) is 4.90 Å². The summed E-state index contributed by atoms with van der Waals surface area (Å²) in [5.41, 5.74) is 6.77. The zero-order chi connectivity index (χ0) is 23.6. The molecule has 1 aromatic carbocycles. The van der Waals surface area contributed by atoms with E-state index in [4.69, 9.17) is 10.5 Å². The number of amides is 3. The van der Waals surface area contributed by atoms with Gasteiger partial charge in [-0.15, -0.1) is 11.3 Å². The lowest BCUT2D eigenvalue weighted by Gasteiger charge is -2.26. The van der Waals surface area contributed by atoms with Gasteiger partial charge in [0.25, 0.3) is 11.8 Å². The molecule has 0 radical (unpaired) electrons. The molecule has 172 valence electrons. The number of carbonyl (C=O) groups is 3. The number of fused-ring (bicyclic) bond motifs is 1. The Labute approximate surface area is 190 Å². The normalized spacial score (nSPS) is 13.6. The van der Waals surface area contributed by atoms with E-state index < -0.39 is 33.0 Å². The number of nitrogens with zero attached hydrogens (tertiary/aromatic N) is 1. The summed E-state index contributed by atoms with van der Waals surface area (Å²) in [4.78, 5) is 39.3. The van der Waals surface area contributed by atoms with E-state index in [9.17, 15) is 22.8 Å². The van der Waals surface area contributed by atoms with Gasteiger partial charge in [-0.05, 0) is 57.0 Å². The highest BCUT2D eigenvalue weighted by Gasteiger charge is 2.30. The average Bonchev–Trinajstić information content (AvgIpc) is 3.10. The molecule has 1 aromatic heterocycles. The second-order valence-electron chi connectivity index (χ2n) is 7.51. The number of sulfone groups is 1. The molecule has 1 aliphatic heterocycles. The Morgan fingerprint density at radius 3 is 2.44 bits per heavy atom. The molecule has 0 saturated heterocycles. The second-order valence-corrected chi connectivity index (χ2v) is 11.1. The first-order valence-electron chi connectivity index (χ1n) is 10.1. The lowest BCUT2D eigenvalue weighted by molar-refractivity contribution is 0.0997. The van der Waals surface area contributed by atoms with Gasteiger partial charge in [0.05, 0.1) is 28.9 Å². The molecule has 11 heteroatoms. The first-order chi connectivity index (χ1) is 15.1. The number of nitrogens with one attached hydrogen (secondary N) is 1. The number of carbonyl (C=O) groups excluding carboxylic acids is 3. The van der Waals surface area contributed by atoms with Gasteiger partial charge in [-0.3, -0.25) is 9.59 Å². The largest absolute Gasteiger partial charge is 0.450 e. The molecular formula is C21H25N3O6S2. The zero-order valence-corrected chi connectivity index (χ0v) is 19.6. The first-order valence-corrected chi connectivity index (χ1v) is 12.4. The third kappa shape index (κ3) is 4.63. The molecule has 0 spiro atoms. The highest BCUT2D eigenvalue weighted by Crippen LogP contribution is 2.37. The van der Waals surface area contributed by atoms with Crippen molar-refractivity contribution in [2.75, 3.05) is 18.5 Å². The fourth-order valence-corrected chi connectivity index (χ4v) is 5.69. The van der Waals surface area contributed by atoms with E-state index in [-0.39, 0.29) is 29.2 Å². The van der Waals surface area contributed by atoms with E-state index in [2.05, 4.69) is 5.32 Å². The lowest BCUT2D eigenvalue weighted by atomic mass is 10.0. The van der Waals surface area contributed by atoms with Crippen LogP contribution in [0.5, 0.6) is 0 Å². The number of ether oxygens (including phenoxy) is 1. The molecule has 0 saturated carbocycles. The number of nitrogens with two attached hydrogens (primary N) is 1. The molecule has 2 aromatic rings.